The number of nitrogens with one attached hydrogen (secondary N) is 1. The molecule has 0 radical (unpaired) electrons. The van der Waals surface area contributed by atoms with E-state index in [4.69, 9.17) is 0 Å². The molecule has 0 unspecified atom stereocenters. The van der Waals surface area contributed by atoms with Gasteiger partial charge in [-0.1, -0.05) is 72.8 Å². The molecule has 7 heteroatoms. The van der Waals surface area contributed by atoms with Gasteiger partial charge < -0.3 is 15.1 Å². The van der Waals surface area contributed by atoms with Crippen molar-refractivity contribution in [2.24, 2.45) is 0 Å². The lowest BCUT2D eigenvalue weighted by Crippen LogP contribution is -2.49. The Bertz CT molecular complexity index is 1270. The molecule has 0 aliphatic carbocycles. The smallest absolute Gasteiger partial charge is 0.236 e. The summed E-state index contributed by atoms with van der Waals surface area (Å²) in [6, 6.07) is 28.9. The van der Waals surface area contributed by atoms with Crippen LogP contribution >= 0.6 is 0 Å². The first-order valence-electron chi connectivity index (χ1n) is 12.5. The maximum atomic E-state index is 13.3. The van der Waals surface area contributed by atoms with Crippen LogP contribution in [0, 0.1) is 0 Å². The Kier molecular flexibility index (Phi) is 7.50. The van der Waals surface area contributed by atoms with Crippen LogP contribution in [-0.2, 0) is 16.0 Å². The average Bonchev–Trinajstić information content (AvgIpc) is 2.96. The number of hydrogen-bond acceptors (Lipinski definition) is 5. The maximum Gasteiger partial charge on any atom is 0.236 e. The standard InChI is InChI=1S/C30H29N5O2/c36-27(34-18-20-35(21-19-34)30-31-16-7-17-32-30)22-23-12-14-26(15-13-23)33-29(37)28(24-8-3-1-4-9-24)25-10-5-2-6-11-25/h1-17,28H,18-22H2,(H,33,37). The van der Waals surface area contributed by atoms with Gasteiger partial charge in [-0.25, -0.2) is 9.97 Å². The van der Waals surface area contributed by atoms with E-state index in [1.807, 2.05) is 89.8 Å². The molecule has 7 nitrogen and oxygen atoms in total. The normalized spacial score (nSPS) is 13.4. The van der Waals surface area contributed by atoms with Crippen LogP contribution in [0.4, 0.5) is 11.6 Å². The quantitative estimate of drug-likeness (QED) is 0.421. The molecule has 1 fully saturated rings. The van der Waals surface area contributed by atoms with Gasteiger partial charge in [0.15, 0.2) is 0 Å². The van der Waals surface area contributed by atoms with Crippen molar-refractivity contribution < 1.29 is 9.59 Å². The molecule has 1 aromatic heterocycles. The van der Waals surface area contributed by atoms with Gasteiger partial charge in [-0.2, -0.15) is 0 Å². The highest BCUT2D eigenvalue weighted by atomic mass is 16.2. The van der Waals surface area contributed by atoms with E-state index in [-0.39, 0.29) is 11.8 Å². The summed E-state index contributed by atoms with van der Waals surface area (Å²) in [4.78, 5) is 38.8. The van der Waals surface area contributed by atoms with Crippen LogP contribution in [0.2, 0.25) is 0 Å². The van der Waals surface area contributed by atoms with E-state index in [1.54, 1.807) is 18.5 Å². The van der Waals surface area contributed by atoms with E-state index in [0.29, 0.717) is 44.2 Å². The van der Waals surface area contributed by atoms with Crippen LogP contribution in [0.15, 0.2) is 103 Å². The lowest BCUT2D eigenvalue weighted by atomic mass is 9.90. The number of anilines is 2. The predicted octanol–water partition coefficient (Wildman–Crippen LogP) is 4.14. The Balaban J connectivity index is 1.19. The number of carbonyl (C=O) groups excluding carboxylic acids is 2. The Labute approximate surface area is 216 Å². The Morgan fingerprint density at radius 2 is 1.30 bits per heavy atom. The number of amides is 2. The van der Waals surface area contributed by atoms with Crippen LogP contribution in [0.1, 0.15) is 22.6 Å². The second-order valence-corrected chi connectivity index (χ2v) is 9.03. The molecular formula is C30H29N5O2. The molecule has 2 amide bonds. The number of carbonyl (C=O) groups is 2. The summed E-state index contributed by atoms with van der Waals surface area (Å²) in [6.45, 7) is 2.71. The second-order valence-electron chi connectivity index (χ2n) is 9.03. The molecular weight excluding hydrogens is 462 g/mol. The fraction of sp³-hybridized carbons (Fsp3) is 0.200. The van der Waals surface area contributed by atoms with Crippen molar-refractivity contribution >= 4 is 23.5 Å². The van der Waals surface area contributed by atoms with Gasteiger partial charge in [-0.05, 0) is 34.9 Å². The van der Waals surface area contributed by atoms with Crippen molar-refractivity contribution in [2.45, 2.75) is 12.3 Å². The minimum absolute atomic E-state index is 0.0958. The first kappa shape index (κ1) is 24.2. The van der Waals surface area contributed by atoms with Crippen LogP contribution in [0.3, 0.4) is 0 Å². The summed E-state index contributed by atoms with van der Waals surface area (Å²) in [6.07, 6.45) is 3.79. The second kappa shape index (κ2) is 11.5. The van der Waals surface area contributed by atoms with Crippen LogP contribution in [0.5, 0.6) is 0 Å². The van der Waals surface area contributed by atoms with Crippen molar-refractivity contribution in [3.05, 3.63) is 120 Å². The van der Waals surface area contributed by atoms with Crippen molar-refractivity contribution in [2.75, 3.05) is 36.4 Å². The van der Waals surface area contributed by atoms with Gasteiger partial charge in [-0.3, -0.25) is 9.59 Å². The molecule has 186 valence electrons. The summed E-state index contributed by atoms with van der Waals surface area (Å²) < 4.78 is 0. The first-order valence-corrected chi connectivity index (χ1v) is 12.5. The topological polar surface area (TPSA) is 78.4 Å². The van der Waals surface area contributed by atoms with Gasteiger partial charge in [-0.15, -0.1) is 0 Å². The molecule has 0 spiro atoms. The molecule has 1 aliphatic rings. The highest BCUT2D eigenvalue weighted by Gasteiger charge is 2.24. The Morgan fingerprint density at radius 3 is 1.86 bits per heavy atom. The zero-order chi connectivity index (χ0) is 25.5. The third kappa shape index (κ3) is 6.01. The Hall–Kier alpha value is -4.52. The van der Waals surface area contributed by atoms with E-state index < -0.39 is 5.92 Å². The van der Waals surface area contributed by atoms with E-state index in [0.717, 1.165) is 16.7 Å². The highest BCUT2D eigenvalue weighted by molar-refractivity contribution is 5.98. The third-order valence-electron chi connectivity index (χ3n) is 6.57. The van der Waals surface area contributed by atoms with E-state index in [1.165, 1.54) is 0 Å². The summed E-state index contributed by atoms with van der Waals surface area (Å²) in [5.41, 5.74) is 3.49. The van der Waals surface area contributed by atoms with Gasteiger partial charge in [0.25, 0.3) is 0 Å². The molecule has 37 heavy (non-hydrogen) atoms. The summed E-state index contributed by atoms with van der Waals surface area (Å²) in [5, 5.41) is 3.05. The number of aromatic nitrogens is 2. The van der Waals surface area contributed by atoms with Crippen molar-refractivity contribution in [3.8, 4) is 0 Å². The molecule has 1 aliphatic heterocycles. The fourth-order valence-corrected chi connectivity index (χ4v) is 4.60. The van der Waals surface area contributed by atoms with Gasteiger partial charge in [0, 0.05) is 44.3 Å². The van der Waals surface area contributed by atoms with Crippen LogP contribution in [-0.4, -0.2) is 52.9 Å². The average molecular weight is 492 g/mol. The zero-order valence-electron chi connectivity index (χ0n) is 20.5. The fourth-order valence-electron chi connectivity index (χ4n) is 4.60. The zero-order valence-corrected chi connectivity index (χ0v) is 20.5. The predicted molar refractivity (Wildman–Crippen MR) is 144 cm³/mol. The summed E-state index contributed by atoms with van der Waals surface area (Å²) >= 11 is 0. The highest BCUT2D eigenvalue weighted by Crippen LogP contribution is 2.26. The summed E-state index contributed by atoms with van der Waals surface area (Å²) in [5.74, 6) is 0.290. The minimum atomic E-state index is -0.413. The maximum absolute atomic E-state index is 13.3. The van der Waals surface area contributed by atoms with Crippen molar-refractivity contribution in [1.29, 1.82) is 0 Å². The molecule has 4 aromatic rings. The molecule has 1 N–H and O–H groups in total. The lowest BCUT2D eigenvalue weighted by molar-refractivity contribution is -0.130. The SMILES string of the molecule is O=C(Nc1ccc(CC(=O)N2CCN(c3ncccn3)CC2)cc1)C(c1ccccc1)c1ccccc1. The molecule has 0 saturated carbocycles. The number of nitrogens with zero attached hydrogens (tertiary/aromatic N) is 4. The van der Waals surface area contributed by atoms with Crippen LogP contribution < -0.4 is 10.2 Å². The third-order valence-corrected chi connectivity index (χ3v) is 6.57. The first-order chi connectivity index (χ1) is 18.2. The van der Waals surface area contributed by atoms with Gasteiger partial charge >= 0.3 is 0 Å². The molecule has 0 bridgehead atoms. The molecule has 0 atom stereocenters. The number of rotatable bonds is 7. The Morgan fingerprint density at radius 1 is 0.730 bits per heavy atom. The van der Waals surface area contributed by atoms with Crippen LogP contribution in [0.25, 0.3) is 0 Å². The van der Waals surface area contributed by atoms with Gasteiger partial charge in [0.2, 0.25) is 17.8 Å². The monoisotopic (exact) mass is 491 g/mol. The summed E-state index contributed by atoms with van der Waals surface area (Å²) in [7, 11) is 0. The van der Waals surface area contributed by atoms with Crippen molar-refractivity contribution in [3.63, 3.8) is 0 Å². The number of benzene rings is 3. The minimum Gasteiger partial charge on any atom is -0.339 e. The lowest BCUT2D eigenvalue weighted by Gasteiger charge is -2.34. The molecule has 2 heterocycles. The van der Waals surface area contributed by atoms with E-state index >= 15 is 0 Å². The van der Waals surface area contributed by atoms with E-state index in [2.05, 4.69) is 20.2 Å². The number of piperazine rings is 1. The number of hydrogen-bond donors (Lipinski definition) is 1. The van der Waals surface area contributed by atoms with E-state index in [9.17, 15) is 9.59 Å². The molecule has 1 saturated heterocycles. The molecule has 3 aromatic carbocycles. The van der Waals surface area contributed by atoms with Crippen molar-refractivity contribution in [1.82, 2.24) is 14.9 Å². The largest absolute Gasteiger partial charge is 0.339 e. The van der Waals surface area contributed by atoms with Gasteiger partial charge in [0.1, 0.15) is 0 Å². The molecule has 5 rings (SSSR count). The van der Waals surface area contributed by atoms with Gasteiger partial charge in [0.05, 0.1) is 12.3 Å².